The summed E-state index contributed by atoms with van der Waals surface area (Å²) in [6, 6.07) is 0.688. The maximum atomic E-state index is 12.4. The fourth-order valence-corrected chi connectivity index (χ4v) is 4.04. The van der Waals surface area contributed by atoms with Gasteiger partial charge < -0.3 is 9.80 Å². The quantitative estimate of drug-likeness (QED) is 0.786. The van der Waals surface area contributed by atoms with E-state index in [-0.39, 0.29) is 16.7 Å². The normalized spacial score (nSPS) is 39.0. The van der Waals surface area contributed by atoms with E-state index in [4.69, 9.17) is 23.2 Å². The Bertz CT molecular complexity index is 330. The molecule has 1 heterocycles. The fraction of sp³-hybridized carbons (Fsp3) is 0.933. The van der Waals surface area contributed by atoms with E-state index < -0.39 is 0 Å². The van der Waals surface area contributed by atoms with Crippen LogP contribution in [0.25, 0.3) is 0 Å². The largest absolute Gasteiger partial charge is 0.329 e. The molecule has 1 saturated heterocycles. The van der Waals surface area contributed by atoms with Crippen LogP contribution in [0.2, 0.25) is 0 Å². The molecule has 0 amide bonds. The lowest BCUT2D eigenvalue weighted by Crippen LogP contribution is -3.14. The highest BCUT2D eigenvalue weighted by Crippen LogP contribution is 2.31. The van der Waals surface area contributed by atoms with Crippen molar-refractivity contribution in [1.29, 1.82) is 0 Å². The lowest BCUT2D eigenvalue weighted by Gasteiger charge is -2.34. The van der Waals surface area contributed by atoms with Crippen LogP contribution in [0.1, 0.15) is 32.1 Å². The molecular formula is C15H27Cl2N2O+. The second-order valence-corrected chi connectivity index (χ2v) is 7.75. The van der Waals surface area contributed by atoms with Crippen molar-refractivity contribution in [1.82, 2.24) is 4.90 Å². The minimum Gasteiger partial charge on any atom is -0.329 e. The van der Waals surface area contributed by atoms with Crippen LogP contribution in [-0.4, -0.2) is 61.2 Å². The number of quaternary nitrogens is 1. The van der Waals surface area contributed by atoms with Gasteiger partial charge in [0, 0.05) is 30.2 Å². The molecule has 116 valence electrons. The number of hydrogen-bond donors (Lipinski definition) is 1. The zero-order valence-corrected chi connectivity index (χ0v) is 14.1. The van der Waals surface area contributed by atoms with Crippen molar-refractivity contribution in [3.63, 3.8) is 0 Å². The number of carbonyl (C=O) groups excluding carboxylic acids is 1. The predicted octanol–water partition coefficient (Wildman–Crippen LogP) is 1.18. The summed E-state index contributed by atoms with van der Waals surface area (Å²) < 4.78 is 0. The molecule has 3 atom stereocenters. The molecule has 0 aromatic carbocycles. The lowest BCUT2D eigenvalue weighted by atomic mass is 9.85. The van der Waals surface area contributed by atoms with Crippen LogP contribution in [0.15, 0.2) is 0 Å². The Labute approximate surface area is 132 Å². The van der Waals surface area contributed by atoms with Gasteiger partial charge in [0.15, 0.2) is 5.78 Å². The van der Waals surface area contributed by atoms with Gasteiger partial charge >= 0.3 is 0 Å². The van der Waals surface area contributed by atoms with Crippen LogP contribution in [0.5, 0.6) is 0 Å². The van der Waals surface area contributed by atoms with E-state index >= 15 is 0 Å². The van der Waals surface area contributed by atoms with Crippen LogP contribution in [0.4, 0.5) is 0 Å². The topological polar surface area (TPSA) is 24.8 Å². The highest BCUT2D eigenvalue weighted by Gasteiger charge is 2.34. The van der Waals surface area contributed by atoms with Gasteiger partial charge in [0.2, 0.25) is 0 Å². The number of nitrogens with zero attached hydrogens (tertiary/aromatic N) is 1. The van der Waals surface area contributed by atoms with E-state index in [2.05, 4.69) is 19.0 Å². The summed E-state index contributed by atoms with van der Waals surface area (Å²) >= 11 is 12.3. The van der Waals surface area contributed by atoms with Gasteiger partial charge in [0.1, 0.15) is 6.54 Å². The maximum Gasteiger partial charge on any atom is 0.189 e. The first kappa shape index (κ1) is 16.5. The zero-order chi connectivity index (χ0) is 14.7. The molecule has 1 saturated carbocycles. The number of alkyl halides is 2. The van der Waals surface area contributed by atoms with Gasteiger partial charge in [0.05, 0.1) is 18.5 Å². The second-order valence-electron chi connectivity index (χ2n) is 6.63. The lowest BCUT2D eigenvalue weighted by molar-refractivity contribution is -0.897. The van der Waals surface area contributed by atoms with Crippen molar-refractivity contribution >= 4 is 29.0 Å². The van der Waals surface area contributed by atoms with Crippen LogP contribution >= 0.6 is 23.2 Å². The summed E-state index contributed by atoms with van der Waals surface area (Å²) in [5, 5.41) is 0.0118. The summed E-state index contributed by atoms with van der Waals surface area (Å²) in [5.41, 5.74) is 0. The average Bonchev–Trinajstić information content (AvgIpc) is 2.42. The van der Waals surface area contributed by atoms with Crippen molar-refractivity contribution in [2.24, 2.45) is 5.92 Å². The molecule has 20 heavy (non-hydrogen) atoms. The molecule has 0 bridgehead atoms. The Morgan fingerprint density at radius 2 is 1.75 bits per heavy atom. The van der Waals surface area contributed by atoms with E-state index in [9.17, 15) is 4.79 Å². The molecule has 1 aliphatic carbocycles. The number of ketones is 1. The van der Waals surface area contributed by atoms with Crippen molar-refractivity contribution < 1.29 is 9.69 Å². The van der Waals surface area contributed by atoms with Crippen LogP contribution in [-0.2, 0) is 4.79 Å². The molecule has 3 unspecified atom stereocenters. The molecular weight excluding hydrogens is 295 g/mol. The van der Waals surface area contributed by atoms with Gasteiger partial charge in [0.25, 0.3) is 0 Å². The molecule has 0 aromatic heterocycles. The summed E-state index contributed by atoms with van der Waals surface area (Å²) in [6.45, 7) is 2.91. The number of hydrogen-bond acceptors (Lipinski definition) is 2. The molecule has 1 N–H and O–H groups in total. The summed E-state index contributed by atoms with van der Waals surface area (Å²) in [5.74, 6) is 0.545. The molecule has 3 nitrogen and oxygen atoms in total. The van der Waals surface area contributed by atoms with E-state index in [0.29, 0.717) is 18.4 Å². The third-order valence-electron chi connectivity index (χ3n) is 4.97. The smallest absolute Gasteiger partial charge is 0.189 e. The van der Waals surface area contributed by atoms with Crippen molar-refractivity contribution in [2.75, 3.05) is 33.7 Å². The molecule has 2 rings (SSSR count). The number of piperidine rings is 1. The average molecular weight is 322 g/mol. The number of likely N-dealkylation sites (tertiary alicyclic amines) is 1. The maximum absolute atomic E-state index is 12.4. The standard InChI is InChI=1S/C15H26Cl2N2O/c1-18(2)12-5-7-19(8-6-12)10-15(20)11-3-4-13(16)14(17)9-11/h11-14H,3-10H2,1-2H3/p+1. The van der Waals surface area contributed by atoms with Crippen LogP contribution in [0, 0.1) is 5.92 Å². The first-order valence-corrected chi connectivity index (χ1v) is 8.65. The van der Waals surface area contributed by atoms with Crippen molar-refractivity contribution in [2.45, 2.75) is 48.9 Å². The minimum absolute atomic E-state index is 0.0335. The Hall–Kier alpha value is 0.170. The highest BCUT2D eigenvalue weighted by atomic mass is 35.5. The number of carbonyl (C=O) groups is 1. The number of nitrogens with one attached hydrogen (secondary N) is 1. The number of rotatable bonds is 4. The molecule has 2 aliphatic rings. The summed E-state index contributed by atoms with van der Waals surface area (Å²) in [4.78, 5) is 16.2. The van der Waals surface area contributed by atoms with Gasteiger partial charge in [-0.25, -0.2) is 0 Å². The Morgan fingerprint density at radius 1 is 1.10 bits per heavy atom. The van der Waals surface area contributed by atoms with Gasteiger partial charge in [-0.3, -0.25) is 4.79 Å². The third kappa shape index (κ3) is 4.33. The monoisotopic (exact) mass is 321 g/mol. The summed E-state index contributed by atoms with van der Waals surface area (Å²) in [6.07, 6.45) is 4.96. The molecule has 2 fully saturated rings. The first-order chi connectivity index (χ1) is 9.47. The van der Waals surface area contributed by atoms with Gasteiger partial charge in [-0.15, -0.1) is 23.2 Å². The van der Waals surface area contributed by atoms with E-state index in [1.807, 2.05) is 0 Å². The van der Waals surface area contributed by atoms with Gasteiger partial charge in [-0.2, -0.15) is 0 Å². The fourth-order valence-electron chi connectivity index (χ4n) is 3.47. The van der Waals surface area contributed by atoms with E-state index in [1.165, 1.54) is 17.7 Å². The zero-order valence-electron chi connectivity index (χ0n) is 12.6. The Balaban J connectivity index is 1.75. The van der Waals surface area contributed by atoms with Crippen LogP contribution < -0.4 is 4.90 Å². The molecule has 5 heteroatoms. The van der Waals surface area contributed by atoms with E-state index in [0.717, 1.165) is 32.4 Å². The molecule has 0 spiro atoms. The van der Waals surface area contributed by atoms with Crippen molar-refractivity contribution in [3.8, 4) is 0 Å². The molecule has 0 radical (unpaired) electrons. The van der Waals surface area contributed by atoms with E-state index in [1.54, 1.807) is 0 Å². The number of halogens is 2. The third-order valence-corrected chi connectivity index (χ3v) is 6.10. The summed E-state index contributed by atoms with van der Waals surface area (Å²) in [7, 11) is 4.29. The molecule has 1 aliphatic heterocycles. The van der Waals surface area contributed by atoms with Gasteiger partial charge in [-0.1, -0.05) is 0 Å². The SMILES string of the molecule is CN(C)C1CC[NH+](CC(=O)C2CCC(Cl)C(Cl)C2)CC1. The van der Waals surface area contributed by atoms with Gasteiger partial charge in [-0.05, 0) is 33.4 Å². The second kappa shape index (κ2) is 7.44. The highest BCUT2D eigenvalue weighted by molar-refractivity contribution is 6.30. The molecule has 0 aromatic rings. The first-order valence-electron chi connectivity index (χ1n) is 7.78. The Morgan fingerprint density at radius 3 is 2.30 bits per heavy atom. The Kier molecular flexibility index (Phi) is 6.15. The number of Topliss-reactive ketones (excluding diaryl/α,β-unsaturated/α-hetero) is 1. The predicted molar refractivity (Wildman–Crippen MR) is 83.9 cm³/mol. The minimum atomic E-state index is -0.0335. The van der Waals surface area contributed by atoms with Crippen molar-refractivity contribution in [3.05, 3.63) is 0 Å². The van der Waals surface area contributed by atoms with Crippen LogP contribution in [0.3, 0.4) is 0 Å².